The molecular weight excluding hydrogens is 306 g/mol. The summed E-state index contributed by atoms with van der Waals surface area (Å²) < 4.78 is 10.5. The first-order valence-electron chi connectivity index (χ1n) is 8.69. The van der Waals surface area contributed by atoms with Crippen molar-refractivity contribution in [2.75, 3.05) is 20.8 Å². The number of carbonyl (C=O) groups excluding carboxylic acids is 2. The molecule has 0 unspecified atom stereocenters. The lowest BCUT2D eigenvalue weighted by molar-refractivity contribution is -0.156. The number of piperidine rings is 1. The molecule has 130 valence electrons. The maximum atomic E-state index is 12.7. The molecule has 1 aliphatic carbocycles. The van der Waals surface area contributed by atoms with Crippen molar-refractivity contribution in [3.63, 3.8) is 0 Å². The molecule has 2 fully saturated rings. The highest BCUT2D eigenvalue weighted by molar-refractivity contribution is 5.99. The fourth-order valence-electron chi connectivity index (χ4n) is 3.95. The third-order valence-electron chi connectivity index (χ3n) is 5.30. The molecule has 1 saturated carbocycles. The molecule has 1 aliphatic heterocycles. The minimum atomic E-state index is -0.0105. The van der Waals surface area contributed by atoms with E-state index < -0.39 is 0 Å². The number of fused-ring (bicyclic) bond motifs is 1. The SMILES string of the molecule is COc1ccc(CCN2C(=O)C[C@@H]3CCCC[C@H]3C2=O)cc1OC. The molecule has 0 aromatic heterocycles. The van der Waals surface area contributed by atoms with E-state index in [-0.39, 0.29) is 23.7 Å². The van der Waals surface area contributed by atoms with Crippen molar-refractivity contribution in [1.29, 1.82) is 0 Å². The van der Waals surface area contributed by atoms with Gasteiger partial charge < -0.3 is 9.47 Å². The van der Waals surface area contributed by atoms with E-state index in [0.717, 1.165) is 31.2 Å². The van der Waals surface area contributed by atoms with Gasteiger partial charge in [-0.05, 0) is 42.9 Å². The van der Waals surface area contributed by atoms with E-state index >= 15 is 0 Å². The van der Waals surface area contributed by atoms with Gasteiger partial charge in [0, 0.05) is 18.9 Å². The molecule has 5 nitrogen and oxygen atoms in total. The Labute approximate surface area is 142 Å². The number of nitrogens with zero attached hydrogens (tertiary/aromatic N) is 1. The monoisotopic (exact) mass is 331 g/mol. The summed E-state index contributed by atoms with van der Waals surface area (Å²) in [6.07, 6.45) is 5.37. The Morgan fingerprint density at radius 1 is 1.08 bits per heavy atom. The van der Waals surface area contributed by atoms with Crippen LogP contribution >= 0.6 is 0 Å². The highest BCUT2D eigenvalue weighted by atomic mass is 16.5. The molecule has 1 aromatic rings. The van der Waals surface area contributed by atoms with Crippen LogP contribution in [0.25, 0.3) is 0 Å². The van der Waals surface area contributed by atoms with Crippen molar-refractivity contribution in [2.45, 2.75) is 38.5 Å². The van der Waals surface area contributed by atoms with E-state index in [9.17, 15) is 9.59 Å². The zero-order chi connectivity index (χ0) is 17.1. The van der Waals surface area contributed by atoms with Crippen LogP contribution in [0, 0.1) is 11.8 Å². The fourth-order valence-corrected chi connectivity index (χ4v) is 3.95. The van der Waals surface area contributed by atoms with Crippen LogP contribution in [0.3, 0.4) is 0 Å². The first-order chi connectivity index (χ1) is 11.6. The number of methoxy groups -OCH3 is 2. The van der Waals surface area contributed by atoms with Crippen molar-refractivity contribution in [2.24, 2.45) is 11.8 Å². The van der Waals surface area contributed by atoms with Crippen molar-refractivity contribution in [3.8, 4) is 11.5 Å². The Bertz CT molecular complexity index is 628. The zero-order valence-electron chi connectivity index (χ0n) is 14.4. The van der Waals surface area contributed by atoms with E-state index in [1.54, 1.807) is 14.2 Å². The molecule has 5 heteroatoms. The molecule has 0 spiro atoms. The Hall–Kier alpha value is -2.04. The number of hydrogen-bond acceptors (Lipinski definition) is 4. The van der Waals surface area contributed by atoms with Crippen molar-refractivity contribution >= 4 is 11.8 Å². The Morgan fingerprint density at radius 3 is 2.58 bits per heavy atom. The third-order valence-corrected chi connectivity index (χ3v) is 5.30. The van der Waals surface area contributed by atoms with Gasteiger partial charge in [0.1, 0.15) is 0 Å². The lowest BCUT2D eigenvalue weighted by atomic mass is 9.74. The molecule has 1 aromatic carbocycles. The number of carbonyl (C=O) groups is 2. The van der Waals surface area contributed by atoms with Crippen LogP contribution in [0.4, 0.5) is 0 Å². The number of ether oxygens (including phenoxy) is 2. The average Bonchev–Trinajstić information content (AvgIpc) is 2.61. The summed E-state index contributed by atoms with van der Waals surface area (Å²) in [5.74, 6) is 1.70. The summed E-state index contributed by atoms with van der Waals surface area (Å²) in [6.45, 7) is 0.441. The molecule has 2 amide bonds. The maximum absolute atomic E-state index is 12.7. The van der Waals surface area contributed by atoms with Crippen LogP contribution in [0.1, 0.15) is 37.7 Å². The van der Waals surface area contributed by atoms with Gasteiger partial charge >= 0.3 is 0 Å². The van der Waals surface area contributed by atoms with Crippen molar-refractivity contribution in [1.82, 2.24) is 4.90 Å². The van der Waals surface area contributed by atoms with E-state index in [0.29, 0.717) is 30.9 Å². The molecule has 0 radical (unpaired) electrons. The second-order valence-electron chi connectivity index (χ2n) is 6.68. The first kappa shape index (κ1) is 16.8. The van der Waals surface area contributed by atoms with E-state index in [1.807, 2.05) is 18.2 Å². The average molecular weight is 331 g/mol. The predicted octanol–water partition coefficient (Wildman–Crippen LogP) is 2.81. The quantitative estimate of drug-likeness (QED) is 0.779. The van der Waals surface area contributed by atoms with Crippen LogP contribution < -0.4 is 9.47 Å². The predicted molar refractivity (Wildman–Crippen MR) is 90.0 cm³/mol. The largest absolute Gasteiger partial charge is 0.493 e. The zero-order valence-corrected chi connectivity index (χ0v) is 14.4. The number of imide groups is 1. The normalized spacial score (nSPS) is 23.8. The Balaban J connectivity index is 1.67. The summed E-state index contributed by atoms with van der Waals surface area (Å²) in [5.41, 5.74) is 1.03. The summed E-state index contributed by atoms with van der Waals surface area (Å²) in [4.78, 5) is 26.5. The highest BCUT2D eigenvalue weighted by Crippen LogP contribution is 2.37. The van der Waals surface area contributed by atoms with Gasteiger partial charge in [0.05, 0.1) is 14.2 Å². The van der Waals surface area contributed by atoms with Crippen LogP contribution in [0.5, 0.6) is 11.5 Å². The molecule has 1 saturated heterocycles. The second kappa shape index (κ2) is 7.24. The van der Waals surface area contributed by atoms with Crippen LogP contribution in [-0.4, -0.2) is 37.5 Å². The summed E-state index contributed by atoms with van der Waals surface area (Å²) in [6, 6.07) is 5.70. The van der Waals surface area contributed by atoms with Gasteiger partial charge in [-0.15, -0.1) is 0 Å². The standard InChI is InChI=1S/C19H25NO4/c1-23-16-8-7-13(11-17(16)24-2)9-10-20-18(21)12-14-5-3-4-6-15(14)19(20)22/h7-8,11,14-15H,3-6,9-10,12H2,1-2H3/t14-,15+/m0/s1. The van der Waals surface area contributed by atoms with Gasteiger partial charge in [-0.2, -0.15) is 0 Å². The second-order valence-corrected chi connectivity index (χ2v) is 6.68. The molecule has 24 heavy (non-hydrogen) atoms. The number of likely N-dealkylation sites (tertiary alicyclic amines) is 1. The van der Waals surface area contributed by atoms with Crippen LogP contribution in [-0.2, 0) is 16.0 Å². The van der Waals surface area contributed by atoms with Gasteiger partial charge in [-0.25, -0.2) is 0 Å². The number of benzene rings is 1. The van der Waals surface area contributed by atoms with Gasteiger partial charge in [0.25, 0.3) is 0 Å². The maximum Gasteiger partial charge on any atom is 0.232 e. The number of hydrogen-bond donors (Lipinski definition) is 0. The fraction of sp³-hybridized carbons (Fsp3) is 0.579. The summed E-state index contributed by atoms with van der Waals surface area (Å²) in [5, 5.41) is 0. The highest BCUT2D eigenvalue weighted by Gasteiger charge is 2.41. The summed E-state index contributed by atoms with van der Waals surface area (Å²) >= 11 is 0. The molecule has 0 N–H and O–H groups in total. The minimum Gasteiger partial charge on any atom is -0.493 e. The lowest BCUT2D eigenvalue weighted by Gasteiger charge is -2.39. The Morgan fingerprint density at radius 2 is 1.83 bits per heavy atom. The molecular formula is C19H25NO4. The lowest BCUT2D eigenvalue weighted by Crippen LogP contribution is -2.50. The number of rotatable bonds is 5. The smallest absolute Gasteiger partial charge is 0.232 e. The van der Waals surface area contributed by atoms with Crippen LogP contribution in [0.15, 0.2) is 18.2 Å². The van der Waals surface area contributed by atoms with Gasteiger partial charge in [-0.1, -0.05) is 18.9 Å². The minimum absolute atomic E-state index is 0.0105. The molecule has 2 aliphatic rings. The summed E-state index contributed by atoms with van der Waals surface area (Å²) in [7, 11) is 3.20. The van der Waals surface area contributed by atoms with Gasteiger partial charge in [0.2, 0.25) is 11.8 Å². The van der Waals surface area contributed by atoms with Crippen LogP contribution in [0.2, 0.25) is 0 Å². The van der Waals surface area contributed by atoms with Gasteiger partial charge in [-0.3, -0.25) is 14.5 Å². The van der Waals surface area contributed by atoms with E-state index in [1.165, 1.54) is 4.90 Å². The first-order valence-corrected chi connectivity index (χ1v) is 8.69. The number of amides is 2. The molecule has 0 bridgehead atoms. The third kappa shape index (κ3) is 3.25. The van der Waals surface area contributed by atoms with Crippen molar-refractivity contribution < 1.29 is 19.1 Å². The topological polar surface area (TPSA) is 55.8 Å². The molecule has 3 rings (SSSR count). The van der Waals surface area contributed by atoms with Crippen molar-refractivity contribution in [3.05, 3.63) is 23.8 Å². The Kier molecular flexibility index (Phi) is 5.07. The van der Waals surface area contributed by atoms with E-state index in [4.69, 9.17) is 9.47 Å². The molecule has 2 atom stereocenters. The molecule has 1 heterocycles. The van der Waals surface area contributed by atoms with E-state index in [2.05, 4.69) is 0 Å². The van der Waals surface area contributed by atoms with Gasteiger partial charge in [0.15, 0.2) is 11.5 Å².